The second-order valence-electron chi connectivity index (χ2n) is 9.96. The molecule has 0 aliphatic carbocycles. The van der Waals surface area contributed by atoms with Crippen molar-refractivity contribution < 1.29 is 0 Å². The number of pyridine rings is 3. The van der Waals surface area contributed by atoms with Gasteiger partial charge in [-0.1, -0.05) is 53.6 Å². The largest absolute Gasteiger partial charge is 0.318 e. The summed E-state index contributed by atoms with van der Waals surface area (Å²) in [7, 11) is 3.66. The third-order valence-electron chi connectivity index (χ3n) is 5.40. The lowest BCUT2D eigenvalue weighted by Gasteiger charge is -1.94. The van der Waals surface area contributed by atoms with Crippen molar-refractivity contribution >= 4 is 0 Å². The van der Waals surface area contributed by atoms with Crippen LogP contribution < -0.4 is 5.56 Å². The van der Waals surface area contributed by atoms with E-state index in [0.29, 0.717) is 0 Å². The Balaban J connectivity index is 0.000000250. The van der Waals surface area contributed by atoms with E-state index in [1.54, 1.807) is 22.4 Å². The van der Waals surface area contributed by atoms with Crippen LogP contribution in [0, 0.1) is 55.4 Å². The second-order valence-corrected chi connectivity index (χ2v) is 9.96. The van der Waals surface area contributed by atoms with Gasteiger partial charge in [0.05, 0.1) is 6.20 Å². The highest BCUT2D eigenvalue weighted by molar-refractivity contribution is 5.19. The molecule has 1 aromatic carbocycles. The van der Waals surface area contributed by atoms with E-state index in [1.165, 1.54) is 27.8 Å². The van der Waals surface area contributed by atoms with Crippen molar-refractivity contribution in [3.05, 3.63) is 147 Å². The Kier molecular flexibility index (Phi) is 15.2. The normalized spacial score (nSPS) is 9.35. The lowest BCUT2D eigenvalue weighted by Crippen LogP contribution is -2.13. The second kappa shape index (κ2) is 18.1. The summed E-state index contributed by atoms with van der Waals surface area (Å²) in [5.41, 5.74) is 9.61. The molecule has 4 aromatic heterocycles. The molecular formula is C34H45N5O. The number of aryl methyl sites for hydroxylation is 10. The van der Waals surface area contributed by atoms with Crippen molar-refractivity contribution in [1.29, 1.82) is 0 Å². The van der Waals surface area contributed by atoms with Gasteiger partial charge in [0.25, 0.3) is 0 Å². The molecule has 0 N–H and O–H groups in total. The van der Waals surface area contributed by atoms with Gasteiger partial charge in [0.2, 0.25) is 5.56 Å². The van der Waals surface area contributed by atoms with E-state index in [0.717, 1.165) is 17.0 Å². The van der Waals surface area contributed by atoms with Crippen molar-refractivity contribution in [3.8, 4) is 0 Å². The Morgan fingerprint density at radius 3 is 1.15 bits per heavy atom. The standard InChI is InChI=1S/C8H10.C7H9NO.2C7H9N.C5H8N2/c1-7-3-5-8(2)6-4-7;1-6-3-4-7(9)8(2)5-6;2*1-6-3-4-7(2)8-5-6;1-5-3-6-7(2)4-5/h3-6H,1-2H3;3-5H,1-2H3;2*3-5H,1-2H3;3-4H,1-2H3. The molecule has 0 atom stereocenters. The van der Waals surface area contributed by atoms with Crippen LogP contribution in [0.25, 0.3) is 0 Å². The first-order chi connectivity index (χ1) is 18.8. The Labute approximate surface area is 240 Å². The minimum absolute atomic E-state index is 0.0422. The lowest BCUT2D eigenvalue weighted by molar-refractivity contribution is 0.767. The summed E-state index contributed by atoms with van der Waals surface area (Å²) in [5.74, 6) is 0. The summed E-state index contributed by atoms with van der Waals surface area (Å²) in [4.78, 5) is 18.9. The van der Waals surface area contributed by atoms with Gasteiger partial charge in [0.15, 0.2) is 0 Å². The maximum absolute atomic E-state index is 10.7. The first-order valence-corrected chi connectivity index (χ1v) is 13.3. The van der Waals surface area contributed by atoms with Gasteiger partial charge in [-0.2, -0.15) is 5.10 Å². The molecule has 6 heteroatoms. The molecule has 0 spiro atoms. The highest BCUT2D eigenvalue weighted by Gasteiger charge is 1.86. The quantitative estimate of drug-likeness (QED) is 0.210. The Bertz CT molecular complexity index is 1250. The summed E-state index contributed by atoms with van der Waals surface area (Å²) < 4.78 is 3.35. The highest BCUT2D eigenvalue weighted by atomic mass is 16.1. The van der Waals surface area contributed by atoms with Crippen molar-refractivity contribution in [2.45, 2.75) is 55.4 Å². The van der Waals surface area contributed by atoms with Gasteiger partial charge in [0.1, 0.15) is 0 Å². The van der Waals surface area contributed by atoms with Crippen molar-refractivity contribution in [3.63, 3.8) is 0 Å². The highest BCUT2D eigenvalue weighted by Crippen LogP contribution is 1.99. The number of benzene rings is 1. The molecular weight excluding hydrogens is 494 g/mol. The van der Waals surface area contributed by atoms with Gasteiger partial charge in [0, 0.05) is 56.3 Å². The molecule has 0 amide bonds. The van der Waals surface area contributed by atoms with Crippen LogP contribution in [0.5, 0.6) is 0 Å². The number of aromatic nitrogens is 5. The number of hydrogen-bond donors (Lipinski definition) is 0. The fourth-order valence-electron chi connectivity index (χ4n) is 3.00. The summed E-state index contributed by atoms with van der Waals surface area (Å²) in [6, 6.07) is 20.0. The summed E-state index contributed by atoms with van der Waals surface area (Å²) >= 11 is 0. The monoisotopic (exact) mass is 539 g/mol. The molecule has 0 aliphatic heterocycles. The zero-order chi connectivity index (χ0) is 30.1. The Morgan fingerprint density at radius 1 is 0.475 bits per heavy atom. The fraction of sp³-hybridized carbons (Fsp3) is 0.294. The van der Waals surface area contributed by atoms with E-state index in [-0.39, 0.29) is 5.56 Å². The van der Waals surface area contributed by atoms with Crippen LogP contribution in [-0.2, 0) is 14.1 Å². The van der Waals surface area contributed by atoms with Gasteiger partial charge in [-0.3, -0.25) is 19.4 Å². The molecule has 0 bridgehead atoms. The van der Waals surface area contributed by atoms with Crippen LogP contribution in [0.1, 0.15) is 44.8 Å². The lowest BCUT2D eigenvalue weighted by atomic mass is 10.2. The Hall–Kier alpha value is -4.32. The van der Waals surface area contributed by atoms with Gasteiger partial charge < -0.3 is 4.57 Å². The van der Waals surface area contributed by atoms with E-state index in [2.05, 4.69) is 65.3 Å². The van der Waals surface area contributed by atoms with Gasteiger partial charge in [-0.05, 0) is 89.8 Å². The minimum atomic E-state index is 0.0422. The van der Waals surface area contributed by atoms with Crippen LogP contribution in [0.2, 0.25) is 0 Å². The van der Waals surface area contributed by atoms with Crippen molar-refractivity contribution in [2.24, 2.45) is 14.1 Å². The zero-order valence-corrected chi connectivity index (χ0v) is 25.8. The maximum atomic E-state index is 10.7. The average Bonchev–Trinajstić information content (AvgIpc) is 3.31. The van der Waals surface area contributed by atoms with Crippen LogP contribution in [-0.4, -0.2) is 24.3 Å². The molecule has 0 saturated carbocycles. The van der Waals surface area contributed by atoms with E-state index in [4.69, 9.17) is 0 Å². The number of hydrogen-bond acceptors (Lipinski definition) is 4. The van der Waals surface area contributed by atoms with E-state index in [9.17, 15) is 4.79 Å². The fourth-order valence-corrected chi connectivity index (χ4v) is 3.00. The third-order valence-corrected chi connectivity index (χ3v) is 5.40. The molecule has 6 nitrogen and oxygen atoms in total. The molecule has 0 fully saturated rings. The molecule has 0 aliphatic rings. The SMILES string of the molecule is Cc1ccc(=O)n(C)c1.Cc1ccc(C)cc1.Cc1ccc(C)nc1.Cc1ccc(C)nc1.Cc1cnn(C)c1. The zero-order valence-electron chi connectivity index (χ0n) is 25.8. The predicted octanol–water partition coefficient (Wildman–Crippen LogP) is 7.12. The summed E-state index contributed by atoms with van der Waals surface area (Å²) in [6.07, 6.45) is 9.35. The molecule has 5 aromatic rings. The molecule has 4 heterocycles. The Morgan fingerprint density at radius 2 is 0.900 bits per heavy atom. The minimum Gasteiger partial charge on any atom is -0.318 e. The molecule has 0 radical (unpaired) electrons. The van der Waals surface area contributed by atoms with Crippen LogP contribution in [0.15, 0.2) is 96.4 Å². The maximum Gasteiger partial charge on any atom is 0.250 e. The van der Waals surface area contributed by atoms with Crippen LogP contribution in [0.3, 0.4) is 0 Å². The van der Waals surface area contributed by atoms with Crippen LogP contribution >= 0.6 is 0 Å². The van der Waals surface area contributed by atoms with E-state index >= 15 is 0 Å². The number of rotatable bonds is 0. The first kappa shape index (κ1) is 33.7. The van der Waals surface area contributed by atoms with E-state index in [1.807, 2.05) is 97.8 Å². The topological polar surface area (TPSA) is 65.6 Å². The molecule has 40 heavy (non-hydrogen) atoms. The van der Waals surface area contributed by atoms with Crippen molar-refractivity contribution in [1.82, 2.24) is 24.3 Å². The molecule has 5 rings (SSSR count). The first-order valence-electron chi connectivity index (χ1n) is 13.3. The van der Waals surface area contributed by atoms with Crippen LogP contribution in [0.4, 0.5) is 0 Å². The molecule has 0 saturated heterocycles. The predicted molar refractivity (Wildman–Crippen MR) is 168 cm³/mol. The van der Waals surface area contributed by atoms with E-state index < -0.39 is 0 Å². The summed E-state index contributed by atoms with van der Waals surface area (Å²) in [6.45, 7) is 16.2. The van der Waals surface area contributed by atoms with Gasteiger partial charge in [-0.25, -0.2) is 0 Å². The smallest absolute Gasteiger partial charge is 0.250 e. The molecule has 0 unspecified atom stereocenters. The van der Waals surface area contributed by atoms with Gasteiger partial charge >= 0.3 is 0 Å². The number of nitrogens with zero attached hydrogens (tertiary/aromatic N) is 5. The van der Waals surface area contributed by atoms with Gasteiger partial charge in [-0.15, -0.1) is 0 Å². The third kappa shape index (κ3) is 15.8. The average molecular weight is 540 g/mol. The van der Waals surface area contributed by atoms with Crippen molar-refractivity contribution in [2.75, 3.05) is 0 Å². The molecule has 212 valence electrons. The summed E-state index contributed by atoms with van der Waals surface area (Å²) in [5, 5.41) is 3.93.